The summed E-state index contributed by atoms with van der Waals surface area (Å²) in [4.78, 5) is 36.7. The van der Waals surface area contributed by atoms with Gasteiger partial charge >= 0.3 is 11.9 Å². The van der Waals surface area contributed by atoms with Crippen LogP contribution in [-0.2, 0) is 14.3 Å². The minimum absolute atomic E-state index is 0.0878. The summed E-state index contributed by atoms with van der Waals surface area (Å²) in [7, 11) is 1.17. The summed E-state index contributed by atoms with van der Waals surface area (Å²) in [6.45, 7) is -0.137. The number of carbonyl (C=O) groups is 3. The first kappa shape index (κ1) is 15.5. The van der Waals surface area contributed by atoms with E-state index in [1.54, 1.807) is 36.4 Å². The molecule has 0 unspecified atom stereocenters. The molecule has 114 valence electrons. The number of nitrogens with zero attached hydrogens (tertiary/aromatic N) is 1. The Morgan fingerprint density at radius 1 is 1.23 bits per heavy atom. The molecule has 0 atom stereocenters. The summed E-state index contributed by atoms with van der Waals surface area (Å²) in [5.74, 6) is -2.21. The minimum atomic E-state index is -1.21. The Bertz CT molecular complexity index is 660. The van der Waals surface area contributed by atoms with E-state index in [2.05, 4.69) is 4.74 Å². The Balaban J connectivity index is 2.30. The summed E-state index contributed by atoms with van der Waals surface area (Å²) in [5, 5.41) is 9.21. The summed E-state index contributed by atoms with van der Waals surface area (Å²) in [5.41, 5.74) is 0.291. The van der Waals surface area contributed by atoms with E-state index in [1.807, 2.05) is 0 Å². The van der Waals surface area contributed by atoms with E-state index in [4.69, 9.17) is 0 Å². The second-order valence-electron chi connectivity index (χ2n) is 4.63. The lowest BCUT2D eigenvalue weighted by molar-refractivity contribution is -0.139. The highest BCUT2D eigenvalue weighted by Crippen LogP contribution is 2.22. The lowest BCUT2D eigenvalue weighted by Crippen LogP contribution is -2.33. The molecule has 1 N–H and O–H groups in total. The highest BCUT2D eigenvalue weighted by Gasteiger charge is 2.29. The molecule has 1 heterocycles. The maximum absolute atomic E-state index is 12.2. The van der Waals surface area contributed by atoms with Crippen molar-refractivity contribution in [1.29, 1.82) is 0 Å². The SMILES string of the molecule is COC(=O)C1=C(C(=O)O)CC=CN1CC(=O)c1ccccc1. The zero-order valence-electron chi connectivity index (χ0n) is 12.0. The standard InChI is InChI=1S/C16H15NO5/c1-22-16(21)14-12(15(19)20)8-5-9-17(14)10-13(18)11-6-3-2-4-7-11/h2-7,9H,8,10H2,1H3,(H,19,20). The van der Waals surface area contributed by atoms with Crippen molar-refractivity contribution in [2.45, 2.75) is 6.42 Å². The maximum Gasteiger partial charge on any atom is 0.355 e. The highest BCUT2D eigenvalue weighted by atomic mass is 16.5. The predicted molar refractivity (Wildman–Crippen MR) is 77.9 cm³/mol. The van der Waals surface area contributed by atoms with Crippen molar-refractivity contribution in [2.24, 2.45) is 0 Å². The molecule has 6 nitrogen and oxygen atoms in total. The third-order valence-corrected chi connectivity index (χ3v) is 3.23. The minimum Gasteiger partial charge on any atom is -0.478 e. The van der Waals surface area contributed by atoms with E-state index >= 15 is 0 Å². The van der Waals surface area contributed by atoms with Crippen molar-refractivity contribution in [1.82, 2.24) is 4.90 Å². The van der Waals surface area contributed by atoms with Crippen LogP contribution in [-0.4, -0.2) is 41.4 Å². The molecule has 0 saturated carbocycles. The Hall–Kier alpha value is -2.89. The van der Waals surface area contributed by atoms with Crippen LogP contribution in [0.15, 0.2) is 53.9 Å². The fourth-order valence-electron chi connectivity index (χ4n) is 2.17. The lowest BCUT2D eigenvalue weighted by Gasteiger charge is -2.25. The Kier molecular flexibility index (Phi) is 4.73. The fourth-order valence-corrected chi connectivity index (χ4v) is 2.17. The third kappa shape index (κ3) is 3.22. The number of carboxylic acid groups (broad SMARTS) is 1. The molecular weight excluding hydrogens is 286 g/mol. The number of hydrogen-bond donors (Lipinski definition) is 1. The normalized spacial score (nSPS) is 14.0. The first-order chi connectivity index (χ1) is 10.5. The highest BCUT2D eigenvalue weighted by molar-refractivity contribution is 6.02. The van der Waals surface area contributed by atoms with Crippen molar-refractivity contribution in [3.63, 3.8) is 0 Å². The molecule has 1 aromatic rings. The molecule has 2 rings (SSSR count). The lowest BCUT2D eigenvalue weighted by atomic mass is 10.0. The zero-order chi connectivity index (χ0) is 16.1. The Morgan fingerprint density at radius 2 is 1.91 bits per heavy atom. The van der Waals surface area contributed by atoms with Gasteiger partial charge in [-0.1, -0.05) is 36.4 Å². The van der Waals surface area contributed by atoms with Gasteiger partial charge in [-0.05, 0) is 0 Å². The van der Waals surface area contributed by atoms with Gasteiger partial charge in [0.2, 0.25) is 0 Å². The second kappa shape index (κ2) is 6.71. The van der Waals surface area contributed by atoms with Crippen LogP contribution < -0.4 is 0 Å². The number of esters is 1. The number of Topliss-reactive ketones (excluding diaryl/α,β-unsaturated/α-hetero) is 1. The van der Waals surface area contributed by atoms with Crippen LogP contribution in [0.1, 0.15) is 16.8 Å². The molecule has 0 amide bonds. The van der Waals surface area contributed by atoms with Gasteiger partial charge in [-0.15, -0.1) is 0 Å². The van der Waals surface area contributed by atoms with Crippen LogP contribution in [0.5, 0.6) is 0 Å². The van der Waals surface area contributed by atoms with Crippen LogP contribution in [0.3, 0.4) is 0 Å². The van der Waals surface area contributed by atoms with Gasteiger partial charge in [-0.3, -0.25) is 4.79 Å². The number of rotatable bonds is 5. The van der Waals surface area contributed by atoms with E-state index in [9.17, 15) is 19.5 Å². The molecule has 0 fully saturated rings. The number of allylic oxidation sites excluding steroid dienone is 1. The summed E-state index contributed by atoms with van der Waals surface area (Å²) in [6, 6.07) is 8.59. The van der Waals surface area contributed by atoms with Gasteiger partial charge in [-0.2, -0.15) is 0 Å². The number of benzene rings is 1. The smallest absolute Gasteiger partial charge is 0.355 e. The maximum atomic E-state index is 12.2. The van der Waals surface area contributed by atoms with Crippen LogP contribution in [0.2, 0.25) is 0 Å². The van der Waals surface area contributed by atoms with Gasteiger partial charge < -0.3 is 14.7 Å². The number of ketones is 1. The third-order valence-electron chi connectivity index (χ3n) is 3.23. The van der Waals surface area contributed by atoms with Crippen LogP contribution in [0.4, 0.5) is 0 Å². The van der Waals surface area contributed by atoms with E-state index in [0.29, 0.717) is 5.56 Å². The quantitative estimate of drug-likeness (QED) is 0.657. The number of hydrogen-bond acceptors (Lipinski definition) is 5. The van der Waals surface area contributed by atoms with E-state index in [0.717, 1.165) is 0 Å². The van der Waals surface area contributed by atoms with Gasteiger partial charge in [0.15, 0.2) is 5.78 Å². The molecule has 1 aliphatic rings. The van der Waals surface area contributed by atoms with Crippen LogP contribution >= 0.6 is 0 Å². The Morgan fingerprint density at radius 3 is 2.50 bits per heavy atom. The first-order valence-electron chi connectivity index (χ1n) is 6.61. The molecule has 0 aliphatic carbocycles. The topological polar surface area (TPSA) is 83.9 Å². The van der Waals surface area contributed by atoms with Gasteiger partial charge in [0.1, 0.15) is 5.70 Å². The van der Waals surface area contributed by atoms with Gasteiger partial charge in [0.25, 0.3) is 0 Å². The number of carboxylic acids is 1. The van der Waals surface area contributed by atoms with E-state index in [-0.39, 0.29) is 30.0 Å². The van der Waals surface area contributed by atoms with Gasteiger partial charge in [0, 0.05) is 18.2 Å². The molecule has 0 radical (unpaired) electrons. The zero-order valence-corrected chi connectivity index (χ0v) is 12.0. The molecule has 0 aromatic heterocycles. The molecule has 0 spiro atoms. The number of carbonyl (C=O) groups excluding carboxylic acids is 2. The molecule has 22 heavy (non-hydrogen) atoms. The molecule has 0 saturated heterocycles. The molecule has 0 bridgehead atoms. The summed E-state index contributed by atoms with van der Waals surface area (Å²) < 4.78 is 4.64. The molecule has 6 heteroatoms. The average molecular weight is 301 g/mol. The van der Waals surface area contributed by atoms with Crippen molar-refractivity contribution in [3.05, 3.63) is 59.4 Å². The predicted octanol–water partition coefficient (Wildman–Crippen LogP) is 1.60. The molecule has 1 aromatic carbocycles. The van der Waals surface area contributed by atoms with Crippen molar-refractivity contribution < 1.29 is 24.2 Å². The van der Waals surface area contributed by atoms with Crippen molar-refractivity contribution in [3.8, 4) is 0 Å². The molecular formula is C16H15NO5. The molecule has 1 aliphatic heterocycles. The van der Waals surface area contributed by atoms with Crippen LogP contribution in [0.25, 0.3) is 0 Å². The first-order valence-corrected chi connectivity index (χ1v) is 6.61. The summed E-state index contributed by atoms with van der Waals surface area (Å²) in [6.07, 6.45) is 3.23. The van der Waals surface area contributed by atoms with Crippen molar-refractivity contribution >= 4 is 17.7 Å². The van der Waals surface area contributed by atoms with E-state index in [1.165, 1.54) is 18.2 Å². The van der Waals surface area contributed by atoms with Crippen molar-refractivity contribution in [2.75, 3.05) is 13.7 Å². The monoisotopic (exact) mass is 301 g/mol. The van der Waals surface area contributed by atoms with E-state index < -0.39 is 11.9 Å². The van der Waals surface area contributed by atoms with Gasteiger partial charge in [0.05, 0.1) is 19.2 Å². The Labute approximate surface area is 127 Å². The average Bonchev–Trinajstić information content (AvgIpc) is 2.54. The number of aliphatic carboxylic acids is 1. The second-order valence-corrected chi connectivity index (χ2v) is 4.63. The number of ether oxygens (including phenoxy) is 1. The van der Waals surface area contributed by atoms with Crippen LogP contribution in [0, 0.1) is 0 Å². The summed E-state index contributed by atoms with van der Waals surface area (Å²) >= 11 is 0. The number of methoxy groups -OCH3 is 1. The van der Waals surface area contributed by atoms with Gasteiger partial charge in [-0.25, -0.2) is 9.59 Å². The fraction of sp³-hybridized carbons (Fsp3) is 0.188. The largest absolute Gasteiger partial charge is 0.478 e.